The van der Waals surface area contributed by atoms with E-state index in [9.17, 15) is 9.59 Å². The van der Waals surface area contributed by atoms with Crippen LogP contribution in [0.1, 0.15) is 18.0 Å². The van der Waals surface area contributed by atoms with Crippen LogP contribution in [0.25, 0.3) is 0 Å². The highest BCUT2D eigenvalue weighted by Gasteiger charge is 2.26. The van der Waals surface area contributed by atoms with E-state index in [1.807, 2.05) is 67.5 Å². The van der Waals surface area contributed by atoms with E-state index >= 15 is 0 Å². The molecule has 0 saturated carbocycles. The van der Waals surface area contributed by atoms with Gasteiger partial charge in [-0.2, -0.15) is 0 Å². The summed E-state index contributed by atoms with van der Waals surface area (Å²) >= 11 is 0. The molecule has 6 heteroatoms. The molecular weight excluding hydrogens is 342 g/mol. The SMILES string of the molecule is CN(C)C[C@H](NC(=O)CN1C(=O)CCOc2ccccc21)c1ccccc1. The summed E-state index contributed by atoms with van der Waals surface area (Å²) in [6.45, 7) is 0.959. The molecule has 1 N–H and O–H groups in total. The van der Waals surface area contributed by atoms with Crippen molar-refractivity contribution in [3.63, 3.8) is 0 Å². The molecule has 0 spiro atoms. The van der Waals surface area contributed by atoms with Gasteiger partial charge in [0.05, 0.1) is 24.8 Å². The molecule has 2 aromatic carbocycles. The minimum atomic E-state index is -0.198. The molecule has 2 aromatic rings. The van der Waals surface area contributed by atoms with Gasteiger partial charge in [-0.1, -0.05) is 42.5 Å². The first-order chi connectivity index (χ1) is 13.0. The first-order valence-corrected chi connectivity index (χ1v) is 9.06. The average Bonchev–Trinajstić information content (AvgIpc) is 2.81. The van der Waals surface area contributed by atoms with Gasteiger partial charge in [0.1, 0.15) is 12.3 Å². The number of carbonyl (C=O) groups excluding carboxylic acids is 2. The Morgan fingerprint density at radius 1 is 1.15 bits per heavy atom. The highest BCUT2D eigenvalue weighted by atomic mass is 16.5. The minimum absolute atomic E-state index is 0.0318. The average molecular weight is 367 g/mol. The van der Waals surface area contributed by atoms with Crippen LogP contribution in [-0.4, -0.2) is 50.5 Å². The molecule has 0 fully saturated rings. The van der Waals surface area contributed by atoms with E-state index in [2.05, 4.69) is 5.32 Å². The first kappa shape index (κ1) is 18.9. The predicted octanol–water partition coefficient (Wildman–Crippen LogP) is 2.22. The lowest BCUT2D eigenvalue weighted by molar-refractivity contribution is -0.124. The molecule has 1 atom stereocenters. The summed E-state index contributed by atoms with van der Waals surface area (Å²) in [5, 5.41) is 3.07. The summed E-state index contributed by atoms with van der Waals surface area (Å²) in [7, 11) is 3.93. The Balaban J connectivity index is 1.76. The normalized spacial score (nSPS) is 14.9. The van der Waals surface area contributed by atoms with Crippen LogP contribution in [0.2, 0.25) is 0 Å². The number of anilines is 1. The van der Waals surface area contributed by atoms with Gasteiger partial charge in [0, 0.05) is 6.54 Å². The zero-order valence-electron chi connectivity index (χ0n) is 15.7. The maximum absolute atomic E-state index is 12.8. The molecule has 6 nitrogen and oxygen atoms in total. The van der Waals surface area contributed by atoms with Gasteiger partial charge in [-0.05, 0) is 31.8 Å². The van der Waals surface area contributed by atoms with E-state index in [4.69, 9.17) is 4.74 Å². The van der Waals surface area contributed by atoms with Crippen molar-refractivity contribution in [1.29, 1.82) is 0 Å². The largest absolute Gasteiger partial charge is 0.491 e. The van der Waals surface area contributed by atoms with Crippen molar-refractivity contribution < 1.29 is 14.3 Å². The molecule has 3 rings (SSSR count). The number of ether oxygens (including phenoxy) is 1. The molecule has 27 heavy (non-hydrogen) atoms. The Bertz CT molecular complexity index is 792. The lowest BCUT2D eigenvalue weighted by atomic mass is 10.1. The summed E-state index contributed by atoms with van der Waals surface area (Å²) in [4.78, 5) is 28.8. The standard InChI is InChI=1S/C21H25N3O3/c1-23(2)14-17(16-8-4-3-5-9-16)22-20(25)15-24-18-10-6-7-11-19(18)27-13-12-21(24)26/h3-11,17H,12-15H2,1-2H3,(H,22,25)/t17-/m0/s1. The van der Waals surface area contributed by atoms with Crippen molar-refractivity contribution in [2.24, 2.45) is 0 Å². The Labute approximate surface area is 159 Å². The van der Waals surface area contributed by atoms with Gasteiger partial charge in [-0.15, -0.1) is 0 Å². The van der Waals surface area contributed by atoms with Gasteiger partial charge in [-0.25, -0.2) is 0 Å². The fourth-order valence-electron chi connectivity index (χ4n) is 3.16. The summed E-state index contributed by atoms with van der Waals surface area (Å²) in [5.74, 6) is 0.318. The molecule has 0 bridgehead atoms. The highest BCUT2D eigenvalue weighted by molar-refractivity contribution is 6.00. The number of likely N-dealkylation sites (N-methyl/N-ethyl adjacent to an activating group) is 1. The number of benzene rings is 2. The fourth-order valence-corrected chi connectivity index (χ4v) is 3.16. The number of nitrogens with zero attached hydrogens (tertiary/aromatic N) is 2. The predicted molar refractivity (Wildman–Crippen MR) is 105 cm³/mol. The Hall–Kier alpha value is -2.86. The van der Waals surface area contributed by atoms with Crippen molar-refractivity contribution in [3.05, 3.63) is 60.2 Å². The number of para-hydroxylation sites is 2. The summed E-state index contributed by atoms with van der Waals surface area (Å²) in [6.07, 6.45) is 0.252. The molecule has 0 radical (unpaired) electrons. The quantitative estimate of drug-likeness (QED) is 0.850. The van der Waals surface area contributed by atoms with Gasteiger partial charge < -0.3 is 15.0 Å². The van der Waals surface area contributed by atoms with Crippen LogP contribution in [0.15, 0.2) is 54.6 Å². The number of rotatable bonds is 6. The molecule has 1 aliphatic rings. The third-order valence-electron chi connectivity index (χ3n) is 4.42. The van der Waals surface area contributed by atoms with Crippen LogP contribution < -0.4 is 15.0 Å². The van der Waals surface area contributed by atoms with Crippen LogP contribution >= 0.6 is 0 Å². The van der Waals surface area contributed by atoms with Crippen molar-refractivity contribution in [2.45, 2.75) is 12.5 Å². The van der Waals surface area contributed by atoms with Crippen molar-refractivity contribution in [1.82, 2.24) is 10.2 Å². The number of carbonyl (C=O) groups is 2. The smallest absolute Gasteiger partial charge is 0.240 e. The van der Waals surface area contributed by atoms with Gasteiger partial charge in [0.2, 0.25) is 11.8 Å². The molecule has 0 aromatic heterocycles. The van der Waals surface area contributed by atoms with E-state index in [0.717, 1.165) is 5.56 Å². The Morgan fingerprint density at radius 2 is 1.85 bits per heavy atom. The van der Waals surface area contributed by atoms with Gasteiger partial charge in [0.25, 0.3) is 0 Å². The Kier molecular flexibility index (Phi) is 6.08. The second-order valence-electron chi connectivity index (χ2n) is 6.84. The summed E-state index contributed by atoms with van der Waals surface area (Å²) in [6, 6.07) is 17.0. The second kappa shape index (κ2) is 8.68. The highest BCUT2D eigenvalue weighted by Crippen LogP contribution is 2.30. The second-order valence-corrected chi connectivity index (χ2v) is 6.84. The molecule has 1 heterocycles. The zero-order chi connectivity index (χ0) is 19.2. The fraction of sp³-hybridized carbons (Fsp3) is 0.333. The maximum atomic E-state index is 12.8. The van der Waals surface area contributed by atoms with E-state index in [-0.39, 0.29) is 30.8 Å². The van der Waals surface area contributed by atoms with E-state index in [1.165, 1.54) is 4.90 Å². The van der Waals surface area contributed by atoms with Crippen LogP contribution in [-0.2, 0) is 9.59 Å². The number of fused-ring (bicyclic) bond motifs is 1. The van der Waals surface area contributed by atoms with Crippen LogP contribution in [0.3, 0.4) is 0 Å². The monoisotopic (exact) mass is 367 g/mol. The molecule has 0 saturated heterocycles. The Morgan fingerprint density at radius 3 is 2.59 bits per heavy atom. The molecule has 0 aliphatic carbocycles. The van der Waals surface area contributed by atoms with Gasteiger partial charge >= 0.3 is 0 Å². The molecule has 0 unspecified atom stereocenters. The van der Waals surface area contributed by atoms with Crippen LogP contribution in [0.5, 0.6) is 5.75 Å². The summed E-state index contributed by atoms with van der Waals surface area (Å²) in [5.41, 5.74) is 1.67. The third-order valence-corrected chi connectivity index (χ3v) is 4.42. The maximum Gasteiger partial charge on any atom is 0.240 e. The first-order valence-electron chi connectivity index (χ1n) is 9.06. The summed E-state index contributed by atoms with van der Waals surface area (Å²) < 4.78 is 5.63. The van der Waals surface area contributed by atoms with E-state index < -0.39 is 0 Å². The van der Waals surface area contributed by atoms with E-state index in [1.54, 1.807) is 6.07 Å². The number of nitrogens with one attached hydrogen (secondary N) is 1. The number of hydrogen-bond acceptors (Lipinski definition) is 4. The van der Waals surface area contributed by atoms with E-state index in [0.29, 0.717) is 24.6 Å². The molecule has 1 aliphatic heterocycles. The minimum Gasteiger partial charge on any atom is -0.491 e. The van der Waals surface area contributed by atoms with Gasteiger partial charge in [0.15, 0.2) is 0 Å². The molecular formula is C21H25N3O3. The van der Waals surface area contributed by atoms with Crippen LogP contribution in [0.4, 0.5) is 5.69 Å². The van der Waals surface area contributed by atoms with Crippen molar-refractivity contribution in [3.8, 4) is 5.75 Å². The lowest BCUT2D eigenvalue weighted by Gasteiger charge is -2.26. The molecule has 2 amide bonds. The topological polar surface area (TPSA) is 61.9 Å². The van der Waals surface area contributed by atoms with Crippen molar-refractivity contribution in [2.75, 3.05) is 38.7 Å². The lowest BCUT2D eigenvalue weighted by Crippen LogP contribution is -2.43. The van der Waals surface area contributed by atoms with Crippen molar-refractivity contribution >= 4 is 17.5 Å². The van der Waals surface area contributed by atoms with Gasteiger partial charge in [-0.3, -0.25) is 14.5 Å². The third kappa shape index (κ3) is 4.86. The molecule has 142 valence electrons. The number of amides is 2. The van der Waals surface area contributed by atoms with Crippen LogP contribution in [0, 0.1) is 0 Å². The zero-order valence-corrected chi connectivity index (χ0v) is 15.7. The number of hydrogen-bond donors (Lipinski definition) is 1.